The van der Waals surface area contributed by atoms with Crippen molar-refractivity contribution in [2.75, 3.05) is 26.2 Å². The summed E-state index contributed by atoms with van der Waals surface area (Å²) in [5.74, 6) is 1.67. The molecule has 0 aliphatic carbocycles. The molecule has 0 aromatic carbocycles. The Morgan fingerprint density at radius 1 is 1.47 bits per heavy atom. The van der Waals surface area contributed by atoms with E-state index in [2.05, 4.69) is 22.5 Å². The number of likely N-dealkylation sites (N-methyl/N-ethyl adjacent to an activating group) is 1. The fourth-order valence-corrected chi connectivity index (χ4v) is 3.51. The Morgan fingerprint density at radius 3 is 2.88 bits per heavy atom. The van der Waals surface area contributed by atoms with Crippen molar-refractivity contribution in [3.63, 3.8) is 0 Å². The summed E-state index contributed by atoms with van der Waals surface area (Å²) in [5.41, 5.74) is 0. The van der Waals surface area contributed by atoms with Crippen LogP contribution in [0.1, 0.15) is 27.2 Å². The highest BCUT2D eigenvalue weighted by Crippen LogP contribution is 2.35. The molecule has 2 N–H and O–H groups in total. The van der Waals surface area contributed by atoms with Crippen molar-refractivity contribution >= 4 is 5.91 Å². The smallest absolute Gasteiger partial charge is 0.237 e. The van der Waals surface area contributed by atoms with Crippen molar-refractivity contribution in [1.82, 2.24) is 15.5 Å². The zero-order valence-electron chi connectivity index (χ0n) is 11.2. The first kappa shape index (κ1) is 12.8. The Hall–Kier alpha value is -0.610. The monoisotopic (exact) mass is 239 g/mol. The number of nitrogens with one attached hydrogen (secondary N) is 2. The molecule has 0 aromatic rings. The standard InChI is InChI=1S/C13H25N3O/c1-4-12-11-7-14-6-10(11)8-16(12)9(3)13(17)15-5-2/h9-12,14H,4-8H2,1-3H3,(H,15,17). The Bertz CT molecular complexity index is 282. The van der Waals surface area contributed by atoms with E-state index in [0.29, 0.717) is 6.04 Å². The summed E-state index contributed by atoms with van der Waals surface area (Å²) in [4.78, 5) is 14.4. The van der Waals surface area contributed by atoms with Crippen LogP contribution >= 0.6 is 0 Å². The van der Waals surface area contributed by atoms with Gasteiger partial charge in [-0.25, -0.2) is 0 Å². The van der Waals surface area contributed by atoms with Crippen LogP contribution in [0, 0.1) is 11.8 Å². The second-order valence-corrected chi connectivity index (χ2v) is 5.33. The van der Waals surface area contributed by atoms with Gasteiger partial charge in [0.15, 0.2) is 0 Å². The number of amides is 1. The molecule has 2 heterocycles. The van der Waals surface area contributed by atoms with Gasteiger partial charge in [-0.2, -0.15) is 0 Å². The summed E-state index contributed by atoms with van der Waals surface area (Å²) >= 11 is 0. The molecular weight excluding hydrogens is 214 g/mol. The van der Waals surface area contributed by atoms with Crippen LogP contribution in [0.2, 0.25) is 0 Å². The summed E-state index contributed by atoms with van der Waals surface area (Å²) in [6, 6.07) is 0.595. The highest BCUT2D eigenvalue weighted by molar-refractivity contribution is 5.81. The van der Waals surface area contributed by atoms with Gasteiger partial charge < -0.3 is 10.6 Å². The number of nitrogens with zero attached hydrogens (tertiary/aromatic N) is 1. The fourth-order valence-electron chi connectivity index (χ4n) is 3.51. The van der Waals surface area contributed by atoms with E-state index in [-0.39, 0.29) is 11.9 Å². The molecule has 4 nitrogen and oxygen atoms in total. The maximum Gasteiger partial charge on any atom is 0.237 e. The highest BCUT2D eigenvalue weighted by Gasteiger charge is 2.45. The predicted octanol–water partition coefficient (Wildman–Crippen LogP) is 0.441. The van der Waals surface area contributed by atoms with Gasteiger partial charge in [-0.3, -0.25) is 9.69 Å². The second-order valence-electron chi connectivity index (χ2n) is 5.33. The average Bonchev–Trinajstić information content (AvgIpc) is 2.87. The number of rotatable bonds is 4. The molecule has 2 rings (SSSR count). The number of carbonyl (C=O) groups excluding carboxylic acids is 1. The minimum absolute atomic E-state index is 0.0190. The quantitative estimate of drug-likeness (QED) is 0.748. The number of fused-ring (bicyclic) bond motifs is 1. The molecule has 2 aliphatic heterocycles. The van der Waals surface area contributed by atoms with Crippen molar-refractivity contribution in [3.05, 3.63) is 0 Å². The third-order valence-corrected chi connectivity index (χ3v) is 4.40. The summed E-state index contributed by atoms with van der Waals surface area (Å²) < 4.78 is 0. The van der Waals surface area contributed by atoms with Crippen LogP contribution in [0.4, 0.5) is 0 Å². The first-order valence-corrected chi connectivity index (χ1v) is 6.93. The fraction of sp³-hybridized carbons (Fsp3) is 0.923. The zero-order valence-corrected chi connectivity index (χ0v) is 11.2. The minimum Gasteiger partial charge on any atom is -0.355 e. The molecule has 4 unspecified atom stereocenters. The van der Waals surface area contributed by atoms with Crippen molar-refractivity contribution in [1.29, 1.82) is 0 Å². The van der Waals surface area contributed by atoms with Gasteiger partial charge in [0.1, 0.15) is 0 Å². The lowest BCUT2D eigenvalue weighted by Gasteiger charge is -2.31. The summed E-state index contributed by atoms with van der Waals surface area (Å²) in [6.07, 6.45) is 1.15. The number of carbonyl (C=O) groups is 1. The van der Waals surface area contributed by atoms with E-state index in [0.717, 1.165) is 44.4 Å². The summed E-state index contributed by atoms with van der Waals surface area (Å²) in [7, 11) is 0. The number of hydrogen-bond donors (Lipinski definition) is 2. The molecule has 17 heavy (non-hydrogen) atoms. The van der Waals surface area contributed by atoms with Crippen molar-refractivity contribution in [2.24, 2.45) is 11.8 Å². The van der Waals surface area contributed by atoms with E-state index in [1.807, 2.05) is 13.8 Å². The lowest BCUT2D eigenvalue weighted by molar-refractivity contribution is -0.126. The van der Waals surface area contributed by atoms with Crippen molar-refractivity contribution < 1.29 is 4.79 Å². The molecule has 0 spiro atoms. The SMILES string of the molecule is CCNC(=O)C(C)N1CC2CNCC2C1CC. The first-order chi connectivity index (χ1) is 8.19. The van der Waals surface area contributed by atoms with Gasteiger partial charge in [-0.15, -0.1) is 0 Å². The largest absolute Gasteiger partial charge is 0.355 e. The van der Waals surface area contributed by atoms with Crippen LogP contribution in [0.5, 0.6) is 0 Å². The normalized spacial score (nSPS) is 34.6. The molecule has 4 heteroatoms. The lowest BCUT2D eigenvalue weighted by Crippen LogP contribution is -2.48. The Morgan fingerprint density at radius 2 is 2.24 bits per heavy atom. The molecule has 0 aromatic heterocycles. The number of likely N-dealkylation sites (tertiary alicyclic amines) is 1. The Balaban J connectivity index is 2.03. The summed E-state index contributed by atoms with van der Waals surface area (Å²) in [6.45, 7) is 10.3. The lowest BCUT2D eigenvalue weighted by atomic mass is 9.92. The van der Waals surface area contributed by atoms with Crippen LogP contribution in [-0.2, 0) is 4.79 Å². The first-order valence-electron chi connectivity index (χ1n) is 6.93. The van der Waals surface area contributed by atoms with Gasteiger partial charge in [-0.05, 0) is 45.2 Å². The molecule has 2 saturated heterocycles. The van der Waals surface area contributed by atoms with Crippen LogP contribution in [0.25, 0.3) is 0 Å². The van der Waals surface area contributed by atoms with Gasteiger partial charge in [0.25, 0.3) is 0 Å². The Kier molecular flexibility index (Phi) is 4.05. The molecule has 0 saturated carbocycles. The zero-order chi connectivity index (χ0) is 12.4. The summed E-state index contributed by atoms with van der Waals surface area (Å²) in [5, 5.41) is 6.41. The second kappa shape index (κ2) is 5.36. The van der Waals surface area contributed by atoms with E-state index < -0.39 is 0 Å². The highest BCUT2D eigenvalue weighted by atomic mass is 16.2. The van der Waals surface area contributed by atoms with E-state index >= 15 is 0 Å². The van der Waals surface area contributed by atoms with Gasteiger partial charge in [0.05, 0.1) is 6.04 Å². The average molecular weight is 239 g/mol. The van der Waals surface area contributed by atoms with Crippen LogP contribution in [-0.4, -0.2) is 49.1 Å². The maximum atomic E-state index is 11.9. The van der Waals surface area contributed by atoms with Gasteiger partial charge in [0.2, 0.25) is 5.91 Å². The van der Waals surface area contributed by atoms with Crippen LogP contribution < -0.4 is 10.6 Å². The topological polar surface area (TPSA) is 44.4 Å². The molecule has 1 amide bonds. The molecule has 0 radical (unpaired) electrons. The van der Waals surface area contributed by atoms with Crippen molar-refractivity contribution in [2.45, 2.75) is 39.3 Å². The Labute approximate surface area is 104 Å². The van der Waals surface area contributed by atoms with E-state index in [1.165, 1.54) is 0 Å². The van der Waals surface area contributed by atoms with Gasteiger partial charge >= 0.3 is 0 Å². The van der Waals surface area contributed by atoms with Crippen LogP contribution in [0.15, 0.2) is 0 Å². The predicted molar refractivity (Wildman–Crippen MR) is 68.8 cm³/mol. The third kappa shape index (κ3) is 2.33. The van der Waals surface area contributed by atoms with E-state index in [4.69, 9.17) is 0 Å². The van der Waals surface area contributed by atoms with Gasteiger partial charge in [-0.1, -0.05) is 6.92 Å². The molecule has 4 atom stereocenters. The minimum atomic E-state index is 0.0190. The van der Waals surface area contributed by atoms with Gasteiger partial charge in [0, 0.05) is 19.1 Å². The maximum absolute atomic E-state index is 11.9. The molecular formula is C13H25N3O. The number of hydrogen-bond acceptors (Lipinski definition) is 3. The van der Waals surface area contributed by atoms with E-state index in [1.54, 1.807) is 0 Å². The molecule has 0 bridgehead atoms. The molecule has 98 valence electrons. The van der Waals surface area contributed by atoms with E-state index in [9.17, 15) is 4.79 Å². The van der Waals surface area contributed by atoms with Crippen molar-refractivity contribution in [3.8, 4) is 0 Å². The molecule has 2 fully saturated rings. The third-order valence-electron chi connectivity index (χ3n) is 4.40. The van der Waals surface area contributed by atoms with Crippen LogP contribution in [0.3, 0.4) is 0 Å². The molecule has 2 aliphatic rings.